The molecule has 0 unspecified atom stereocenters. The topological polar surface area (TPSA) is 195 Å². The average molecular weight is 894 g/mol. The molecule has 4 amide bonds. The molecule has 1 aromatic heterocycles. The van der Waals surface area contributed by atoms with Crippen molar-refractivity contribution in [1.82, 2.24) is 30.4 Å². The Morgan fingerprint density at radius 1 is 0.877 bits per heavy atom. The number of likely N-dealkylation sites (tertiary alicyclic amines) is 2. The largest absolute Gasteiger partial charge is 0.488 e. The first kappa shape index (κ1) is 45.5. The van der Waals surface area contributed by atoms with Gasteiger partial charge in [0.25, 0.3) is 0 Å². The first-order valence-corrected chi connectivity index (χ1v) is 22.2. The number of rotatable bonds is 14. The van der Waals surface area contributed by atoms with Crippen molar-refractivity contribution in [3.05, 3.63) is 65.6 Å². The Morgan fingerprint density at radius 2 is 1.62 bits per heavy atom. The van der Waals surface area contributed by atoms with E-state index in [2.05, 4.69) is 58.9 Å². The van der Waals surface area contributed by atoms with Crippen LogP contribution in [-0.4, -0.2) is 135 Å². The van der Waals surface area contributed by atoms with Gasteiger partial charge in [-0.3, -0.25) is 14.6 Å². The van der Waals surface area contributed by atoms with Gasteiger partial charge in [0.15, 0.2) is 0 Å². The average Bonchev–Trinajstić information content (AvgIpc) is 4.15. The van der Waals surface area contributed by atoms with Crippen LogP contribution in [0.3, 0.4) is 0 Å². The van der Waals surface area contributed by atoms with Gasteiger partial charge >= 0.3 is 12.2 Å². The highest BCUT2D eigenvalue weighted by Gasteiger charge is 2.45. The highest BCUT2D eigenvalue weighted by atomic mass is 16.5. The van der Waals surface area contributed by atoms with Gasteiger partial charge in [-0.2, -0.15) is 0 Å². The fraction of sp³-hybridized carbons (Fsp3) is 0.500. The second kappa shape index (κ2) is 19.2. The number of carbonyl (C=O) groups excluding carboxylic acids is 4. The summed E-state index contributed by atoms with van der Waals surface area (Å²) < 4.78 is 32.8. The van der Waals surface area contributed by atoms with E-state index < -0.39 is 36.5 Å². The molecule has 2 saturated heterocycles. The Bertz CT molecular complexity index is 2480. The zero-order valence-corrected chi connectivity index (χ0v) is 38.3. The predicted octanol–water partition coefficient (Wildman–Crippen LogP) is 6.10. The fourth-order valence-corrected chi connectivity index (χ4v) is 10.0. The Morgan fingerprint density at radius 3 is 2.32 bits per heavy atom. The van der Waals surface area contributed by atoms with Crippen LogP contribution in [0.1, 0.15) is 63.0 Å². The fourth-order valence-electron chi connectivity index (χ4n) is 10.0. The number of nitrogens with zero attached hydrogens (tertiary/aromatic N) is 4. The van der Waals surface area contributed by atoms with E-state index in [9.17, 15) is 19.2 Å². The molecular formula is C48H59N7O10. The zero-order valence-electron chi connectivity index (χ0n) is 38.3. The van der Waals surface area contributed by atoms with Gasteiger partial charge < -0.3 is 53.8 Å². The number of hydrogen-bond donors (Lipinski definition) is 3. The van der Waals surface area contributed by atoms with Gasteiger partial charge in [0.05, 0.1) is 62.7 Å². The van der Waals surface area contributed by atoms with Crippen LogP contribution in [0.2, 0.25) is 0 Å². The third kappa shape index (κ3) is 8.88. The molecule has 17 heteroatoms. The number of hydrogen-bond acceptors (Lipinski definition) is 12. The van der Waals surface area contributed by atoms with Crippen molar-refractivity contribution in [2.24, 2.45) is 16.8 Å². The van der Waals surface area contributed by atoms with E-state index in [1.54, 1.807) is 25.1 Å². The van der Waals surface area contributed by atoms with Crippen LogP contribution in [-0.2, 0) is 46.3 Å². The monoisotopic (exact) mass is 893 g/mol. The molecule has 8 rings (SSSR count). The summed E-state index contributed by atoms with van der Waals surface area (Å²) in [5, 5.41) is 7.47. The number of aromatic amines is 1. The first-order chi connectivity index (χ1) is 31.4. The molecule has 5 heterocycles. The van der Waals surface area contributed by atoms with Crippen LogP contribution >= 0.6 is 0 Å². The number of benzene rings is 3. The summed E-state index contributed by atoms with van der Waals surface area (Å²) in [6.45, 7) is 7.58. The van der Waals surface area contributed by atoms with Gasteiger partial charge in [0.1, 0.15) is 30.3 Å². The quantitative estimate of drug-likeness (QED) is 0.132. The Balaban J connectivity index is 1.02. The third-order valence-electron chi connectivity index (χ3n) is 13.4. The van der Waals surface area contributed by atoms with Crippen molar-refractivity contribution >= 4 is 46.2 Å². The Hall–Kier alpha value is -6.04. The number of carbonyl (C=O) groups is 4. The van der Waals surface area contributed by atoms with Crippen LogP contribution in [0.15, 0.2) is 53.7 Å². The number of amides is 4. The molecule has 4 aromatic rings. The Kier molecular flexibility index (Phi) is 13.4. The second-order valence-corrected chi connectivity index (χ2v) is 17.5. The number of ether oxygens (including phenoxy) is 6. The summed E-state index contributed by atoms with van der Waals surface area (Å²) in [6.07, 6.45) is 1.74. The van der Waals surface area contributed by atoms with Crippen molar-refractivity contribution in [1.29, 1.82) is 0 Å². The zero-order chi connectivity index (χ0) is 46.1. The summed E-state index contributed by atoms with van der Waals surface area (Å²) in [4.78, 5) is 69.8. The summed E-state index contributed by atoms with van der Waals surface area (Å²) in [5.41, 5.74) is 7.69. The number of alkyl carbamates (subject to hydrolysis) is 2. The number of methoxy groups -OCH3 is 5. The lowest BCUT2D eigenvalue weighted by Crippen LogP contribution is -2.56. The maximum atomic E-state index is 14.3. The van der Waals surface area contributed by atoms with Crippen molar-refractivity contribution in [3.63, 3.8) is 0 Å². The van der Waals surface area contributed by atoms with Crippen LogP contribution in [0.5, 0.6) is 5.75 Å². The maximum absolute atomic E-state index is 14.3. The standard InChI is InChI=1S/C48H59N7O10/c1-9-40(62-6)43(53-48(59)64-8)46(57)55-22-27(23-60-4)15-38(55)36-18-33-32-19-41-34(17-28(32)11-13-35(33)50-36)31-12-10-29(16-30(31)24-65-41)37-20-49-44(51-37)39-14-25(2)21-54(39)45(56)42(26(3)61-5)52-47(58)63-7/h10-13,16-17,19-20,25-27,38-40,42-43H,9,14-15,18,21-24H2,1-8H3,(H,49,51)(H,52,58)(H,53,59)/t25-,26+,27-,38-,39-,40+,42-,43-/m0/s1. The van der Waals surface area contributed by atoms with Crippen LogP contribution in [0, 0.1) is 11.8 Å². The number of aliphatic imine (C=N–C) groups is 1. The molecule has 4 aliphatic rings. The SMILES string of the molecule is CC[C@@H](OC)[C@H](NC(=O)OC)C(=O)N1C[C@@H](COC)C[C@H]1C1=Nc2ccc3cc4c(cc3c2C1)OCc1cc(-c2cnc([C@@H]3C[C@H](C)CN3C(=O)[C@@H](NC(=O)OC)[C@@H](C)OC)[nH]2)ccc1-4. The van der Waals surface area contributed by atoms with Gasteiger partial charge in [0, 0.05) is 58.0 Å². The molecule has 3 aromatic carbocycles. The number of aromatic nitrogens is 2. The molecule has 0 radical (unpaired) electrons. The smallest absolute Gasteiger partial charge is 0.407 e. The predicted molar refractivity (Wildman–Crippen MR) is 242 cm³/mol. The molecule has 0 aliphatic carbocycles. The van der Waals surface area contributed by atoms with E-state index in [1.165, 1.54) is 28.4 Å². The number of nitrogens with one attached hydrogen (secondary N) is 3. The molecule has 3 N–H and O–H groups in total. The summed E-state index contributed by atoms with van der Waals surface area (Å²) in [7, 11) is 7.23. The van der Waals surface area contributed by atoms with Crippen molar-refractivity contribution in [2.75, 3.05) is 55.2 Å². The van der Waals surface area contributed by atoms with Crippen LogP contribution in [0.4, 0.5) is 15.3 Å². The molecule has 8 atom stereocenters. The molecule has 2 fully saturated rings. The molecule has 0 saturated carbocycles. The minimum absolute atomic E-state index is 0.0912. The van der Waals surface area contributed by atoms with Crippen molar-refractivity contribution in [2.45, 2.75) is 89.4 Å². The van der Waals surface area contributed by atoms with Crippen LogP contribution < -0.4 is 15.4 Å². The minimum atomic E-state index is -0.932. The van der Waals surface area contributed by atoms with E-state index in [1.807, 2.05) is 17.9 Å². The highest BCUT2D eigenvalue weighted by molar-refractivity contribution is 6.06. The number of fused-ring (bicyclic) bond motifs is 6. The van der Waals surface area contributed by atoms with Crippen molar-refractivity contribution < 1.29 is 47.6 Å². The summed E-state index contributed by atoms with van der Waals surface area (Å²) >= 11 is 0. The second-order valence-electron chi connectivity index (χ2n) is 17.5. The number of H-pyrrole nitrogens is 1. The van der Waals surface area contributed by atoms with Gasteiger partial charge in [0.2, 0.25) is 11.8 Å². The Labute approximate surface area is 378 Å². The van der Waals surface area contributed by atoms with E-state index in [4.69, 9.17) is 38.4 Å². The van der Waals surface area contributed by atoms with E-state index >= 15 is 0 Å². The maximum Gasteiger partial charge on any atom is 0.407 e. The lowest BCUT2D eigenvalue weighted by atomic mass is 9.90. The highest BCUT2D eigenvalue weighted by Crippen LogP contribution is 2.45. The first-order valence-electron chi connectivity index (χ1n) is 22.2. The van der Waals surface area contributed by atoms with Gasteiger partial charge in [-0.25, -0.2) is 14.6 Å². The molecular weight excluding hydrogens is 835 g/mol. The third-order valence-corrected chi connectivity index (χ3v) is 13.4. The van der Waals surface area contributed by atoms with Crippen molar-refractivity contribution in [3.8, 4) is 28.1 Å². The van der Waals surface area contributed by atoms with Crippen LogP contribution in [0.25, 0.3) is 33.2 Å². The number of imidazole rings is 1. The lowest BCUT2D eigenvalue weighted by molar-refractivity contribution is -0.138. The summed E-state index contributed by atoms with van der Waals surface area (Å²) in [6, 6.07) is 12.3. The molecule has 346 valence electrons. The van der Waals surface area contributed by atoms with Gasteiger partial charge in [-0.15, -0.1) is 0 Å². The molecule has 0 bridgehead atoms. The van der Waals surface area contributed by atoms with E-state index in [0.717, 1.165) is 61.4 Å². The molecule has 4 aliphatic heterocycles. The molecule has 65 heavy (non-hydrogen) atoms. The molecule has 17 nitrogen and oxygen atoms in total. The van der Waals surface area contributed by atoms with Gasteiger partial charge in [-0.05, 0) is 89.4 Å². The molecule has 0 spiro atoms. The normalized spacial score (nSPS) is 21.6. The summed E-state index contributed by atoms with van der Waals surface area (Å²) in [5.74, 6) is 1.26. The van der Waals surface area contributed by atoms with E-state index in [-0.39, 0.29) is 35.7 Å². The minimum Gasteiger partial charge on any atom is -0.488 e. The van der Waals surface area contributed by atoms with Gasteiger partial charge in [-0.1, -0.05) is 32.0 Å². The lowest BCUT2D eigenvalue weighted by Gasteiger charge is -2.32. The van der Waals surface area contributed by atoms with E-state index in [0.29, 0.717) is 57.8 Å².